The van der Waals surface area contributed by atoms with Crippen molar-refractivity contribution in [2.75, 3.05) is 55.7 Å². The molecule has 3 heterocycles. The Hall–Kier alpha value is -1.97. The van der Waals surface area contributed by atoms with E-state index in [2.05, 4.69) is 17.1 Å². The van der Waals surface area contributed by atoms with Gasteiger partial charge in [0.2, 0.25) is 0 Å². The SMILES string of the molecule is CC1CN(c2cc(N(CCO)CCO)nc3nc(C4CCCCC4)nn23)CCN1. The number of piperazine rings is 1. The van der Waals surface area contributed by atoms with E-state index in [1.54, 1.807) is 0 Å². The molecule has 1 atom stereocenters. The quantitative estimate of drug-likeness (QED) is 0.623. The number of nitrogens with one attached hydrogen (secondary N) is 1. The molecule has 0 radical (unpaired) electrons. The third kappa shape index (κ3) is 4.46. The van der Waals surface area contributed by atoms with Crippen LogP contribution in [0.1, 0.15) is 50.8 Å². The zero-order valence-electron chi connectivity index (χ0n) is 17.3. The summed E-state index contributed by atoms with van der Waals surface area (Å²) in [7, 11) is 0. The molecular formula is C20H33N7O2. The molecule has 9 nitrogen and oxygen atoms in total. The van der Waals surface area contributed by atoms with Gasteiger partial charge < -0.3 is 25.3 Å². The van der Waals surface area contributed by atoms with Crippen LogP contribution in [0.4, 0.5) is 11.6 Å². The van der Waals surface area contributed by atoms with Crippen LogP contribution < -0.4 is 15.1 Å². The van der Waals surface area contributed by atoms with Crippen molar-refractivity contribution in [3.8, 4) is 0 Å². The minimum Gasteiger partial charge on any atom is -0.395 e. The summed E-state index contributed by atoms with van der Waals surface area (Å²) < 4.78 is 1.89. The van der Waals surface area contributed by atoms with Crippen molar-refractivity contribution in [2.24, 2.45) is 0 Å². The smallest absolute Gasteiger partial charge is 0.256 e. The van der Waals surface area contributed by atoms with Crippen LogP contribution in [0.5, 0.6) is 0 Å². The number of aliphatic hydroxyl groups excluding tert-OH is 2. The van der Waals surface area contributed by atoms with Crippen LogP contribution in [-0.4, -0.2) is 81.8 Å². The number of anilines is 2. The largest absolute Gasteiger partial charge is 0.395 e. The topological polar surface area (TPSA) is 102 Å². The number of aliphatic hydroxyl groups is 2. The molecule has 2 fully saturated rings. The van der Waals surface area contributed by atoms with E-state index < -0.39 is 0 Å². The van der Waals surface area contributed by atoms with Crippen LogP contribution in [-0.2, 0) is 0 Å². The Morgan fingerprint density at radius 3 is 2.59 bits per heavy atom. The summed E-state index contributed by atoms with van der Waals surface area (Å²) in [6, 6.07) is 2.41. The van der Waals surface area contributed by atoms with E-state index in [9.17, 15) is 10.2 Å². The lowest BCUT2D eigenvalue weighted by atomic mass is 9.89. The molecule has 9 heteroatoms. The van der Waals surface area contributed by atoms with Gasteiger partial charge in [0.25, 0.3) is 5.78 Å². The molecule has 1 aliphatic heterocycles. The van der Waals surface area contributed by atoms with Crippen molar-refractivity contribution in [1.82, 2.24) is 24.9 Å². The summed E-state index contributed by atoms with van der Waals surface area (Å²) in [6.07, 6.45) is 6.06. The first-order chi connectivity index (χ1) is 14.2. The number of fused-ring (bicyclic) bond motifs is 1. The number of hydrogen-bond acceptors (Lipinski definition) is 8. The molecule has 2 aromatic heterocycles. The van der Waals surface area contributed by atoms with Gasteiger partial charge in [-0.1, -0.05) is 19.3 Å². The lowest BCUT2D eigenvalue weighted by molar-refractivity contribution is 0.280. The van der Waals surface area contributed by atoms with E-state index >= 15 is 0 Å². The second kappa shape index (κ2) is 9.23. The van der Waals surface area contributed by atoms with Crippen LogP contribution in [0.2, 0.25) is 0 Å². The van der Waals surface area contributed by atoms with Crippen LogP contribution >= 0.6 is 0 Å². The van der Waals surface area contributed by atoms with E-state index in [4.69, 9.17) is 15.1 Å². The van der Waals surface area contributed by atoms with E-state index in [0.717, 1.165) is 49.9 Å². The van der Waals surface area contributed by atoms with Gasteiger partial charge in [-0.2, -0.15) is 14.5 Å². The standard InChI is InChI=1S/C20H33N7O2/c1-15-14-26(8-7-21-15)18-13-17(25(9-11-28)10-12-29)22-20-23-19(24-27(18)20)16-5-3-2-4-6-16/h13,15-16,21,28-29H,2-12,14H2,1H3. The zero-order chi connectivity index (χ0) is 20.2. The summed E-state index contributed by atoms with van der Waals surface area (Å²) in [4.78, 5) is 13.8. The van der Waals surface area contributed by atoms with Crippen molar-refractivity contribution in [3.05, 3.63) is 11.9 Å². The van der Waals surface area contributed by atoms with Gasteiger partial charge >= 0.3 is 0 Å². The molecule has 0 spiro atoms. The molecule has 0 amide bonds. The fourth-order valence-electron chi connectivity index (χ4n) is 4.50. The van der Waals surface area contributed by atoms with E-state index in [-0.39, 0.29) is 13.2 Å². The molecule has 1 saturated carbocycles. The first-order valence-electron chi connectivity index (χ1n) is 10.9. The van der Waals surface area contributed by atoms with E-state index in [1.165, 1.54) is 19.3 Å². The highest BCUT2D eigenvalue weighted by Gasteiger charge is 2.25. The van der Waals surface area contributed by atoms with E-state index in [0.29, 0.717) is 30.8 Å². The average molecular weight is 404 g/mol. The molecule has 0 aromatic carbocycles. The third-order valence-corrected chi connectivity index (χ3v) is 6.02. The molecule has 1 unspecified atom stereocenters. The molecule has 2 aliphatic rings. The molecule has 1 aliphatic carbocycles. The Morgan fingerprint density at radius 1 is 1.14 bits per heavy atom. The van der Waals surface area contributed by atoms with Gasteiger partial charge in [-0.25, -0.2) is 0 Å². The minimum atomic E-state index is 0.00682. The van der Waals surface area contributed by atoms with Gasteiger partial charge in [-0.3, -0.25) is 0 Å². The zero-order valence-corrected chi connectivity index (χ0v) is 17.3. The fraction of sp³-hybridized carbons (Fsp3) is 0.750. The molecule has 0 bridgehead atoms. The highest BCUT2D eigenvalue weighted by Crippen LogP contribution is 2.32. The highest BCUT2D eigenvalue weighted by molar-refractivity contribution is 5.57. The summed E-state index contributed by atoms with van der Waals surface area (Å²) in [5.41, 5.74) is 0. The molecule has 2 aromatic rings. The number of nitrogens with zero attached hydrogens (tertiary/aromatic N) is 6. The lowest BCUT2D eigenvalue weighted by Crippen LogP contribution is -2.50. The van der Waals surface area contributed by atoms with Crippen molar-refractivity contribution < 1.29 is 10.2 Å². The van der Waals surface area contributed by atoms with Crippen molar-refractivity contribution in [1.29, 1.82) is 0 Å². The maximum atomic E-state index is 9.46. The first-order valence-corrected chi connectivity index (χ1v) is 10.9. The van der Waals surface area contributed by atoms with Crippen LogP contribution in [0, 0.1) is 0 Å². The summed E-state index contributed by atoms with van der Waals surface area (Å²) >= 11 is 0. The van der Waals surface area contributed by atoms with Crippen molar-refractivity contribution in [3.63, 3.8) is 0 Å². The molecule has 3 N–H and O–H groups in total. The van der Waals surface area contributed by atoms with Crippen LogP contribution in [0.25, 0.3) is 5.78 Å². The van der Waals surface area contributed by atoms with Gasteiger partial charge in [0.1, 0.15) is 11.6 Å². The first kappa shape index (κ1) is 20.3. The fourth-order valence-corrected chi connectivity index (χ4v) is 4.50. The summed E-state index contributed by atoms with van der Waals surface area (Å²) in [6.45, 7) is 5.74. The monoisotopic (exact) mass is 403 g/mol. The Morgan fingerprint density at radius 2 is 1.90 bits per heavy atom. The van der Waals surface area contributed by atoms with Gasteiger partial charge in [0.15, 0.2) is 5.82 Å². The molecule has 160 valence electrons. The van der Waals surface area contributed by atoms with Gasteiger partial charge in [0.05, 0.1) is 13.2 Å². The van der Waals surface area contributed by atoms with Gasteiger partial charge in [-0.15, -0.1) is 5.10 Å². The van der Waals surface area contributed by atoms with Crippen LogP contribution in [0.3, 0.4) is 0 Å². The normalized spacial score (nSPS) is 21.1. The van der Waals surface area contributed by atoms with Gasteiger partial charge in [0, 0.05) is 50.7 Å². The molecule has 4 rings (SSSR count). The third-order valence-electron chi connectivity index (χ3n) is 6.02. The summed E-state index contributed by atoms with van der Waals surface area (Å²) in [5, 5.41) is 27.3. The number of rotatable bonds is 7. The second-order valence-corrected chi connectivity index (χ2v) is 8.22. The average Bonchev–Trinajstić information content (AvgIpc) is 3.18. The number of aromatic nitrogens is 4. The second-order valence-electron chi connectivity index (χ2n) is 8.22. The van der Waals surface area contributed by atoms with Crippen LogP contribution in [0.15, 0.2) is 6.07 Å². The molecule has 29 heavy (non-hydrogen) atoms. The summed E-state index contributed by atoms with van der Waals surface area (Å²) in [5.74, 6) is 3.62. The van der Waals surface area contributed by atoms with Gasteiger partial charge in [-0.05, 0) is 19.8 Å². The highest BCUT2D eigenvalue weighted by atomic mass is 16.3. The van der Waals surface area contributed by atoms with Crippen molar-refractivity contribution >= 4 is 17.4 Å². The Balaban J connectivity index is 1.76. The number of hydrogen-bond donors (Lipinski definition) is 3. The maximum absolute atomic E-state index is 9.46. The Kier molecular flexibility index (Phi) is 6.46. The predicted molar refractivity (Wildman–Crippen MR) is 113 cm³/mol. The lowest BCUT2D eigenvalue weighted by Gasteiger charge is -2.34. The Labute approximate surface area is 171 Å². The Bertz CT molecular complexity index is 799. The maximum Gasteiger partial charge on any atom is 0.256 e. The molecule has 1 saturated heterocycles. The minimum absolute atomic E-state index is 0.00682. The molecular weight excluding hydrogens is 370 g/mol. The van der Waals surface area contributed by atoms with E-state index in [1.807, 2.05) is 15.5 Å². The van der Waals surface area contributed by atoms with Crippen molar-refractivity contribution in [2.45, 2.75) is 51.0 Å². The predicted octanol–water partition coefficient (Wildman–Crippen LogP) is 0.761.